The van der Waals surface area contributed by atoms with Crippen molar-refractivity contribution in [3.05, 3.63) is 41.5 Å². The molecule has 1 aromatic carbocycles. The van der Waals surface area contributed by atoms with Crippen molar-refractivity contribution in [2.75, 3.05) is 6.61 Å². The van der Waals surface area contributed by atoms with Crippen LogP contribution in [0.25, 0.3) is 0 Å². The van der Waals surface area contributed by atoms with Crippen molar-refractivity contribution >= 4 is 0 Å². The van der Waals surface area contributed by atoms with Gasteiger partial charge in [-0.05, 0) is 12.5 Å². The van der Waals surface area contributed by atoms with Crippen LogP contribution in [0, 0.1) is 5.92 Å². The van der Waals surface area contributed by atoms with Gasteiger partial charge in [-0.3, -0.25) is 0 Å². The number of benzene rings is 1. The molecule has 0 spiro atoms. The van der Waals surface area contributed by atoms with E-state index in [2.05, 4.69) is 17.1 Å². The van der Waals surface area contributed by atoms with Crippen LogP contribution in [-0.2, 0) is 12.0 Å². The summed E-state index contributed by atoms with van der Waals surface area (Å²) < 4.78 is 11.0. The summed E-state index contributed by atoms with van der Waals surface area (Å²) in [4.78, 5) is 4.49. The number of nitrogens with two attached hydrogens (primary N) is 1. The minimum absolute atomic E-state index is 0.0736. The van der Waals surface area contributed by atoms with Gasteiger partial charge in [-0.25, -0.2) is 0 Å². The number of fused-ring (bicyclic) bond motifs is 1. The van der Waals surface area contributed by atoms with Crippen molar-refractivity contribution < 1.29 is 9.26 Å². The summed E-state index contributed by atoms with van der Waals surface area (Å²) in [5.41, 5.74) is 6.84. The zero-order valence-corrected chi connectivity index (χ0v) is 11.8. The van der Waals surface area contributed by atoms with Gasteiger partial charge in [0.2, 0.25) is 5.89 Å². The van der Waals surface area contributed by atoms with Crippen molar-refractivity contribution in [3.63, 3.8) is 0 Å². The maximum Gasteiger partial charge on any atom is 0.226 e. The molecule has 0 saturated heterocycles. The van der Waals surface area contributed by atoms with E-state index in [4.69, 9.17) is 15.0 Å². The van der Waals surface area contributed by atoms with Gasteiger partial charge in [-0.1, -0.05) is 37.2 Å². The summed E-state index contributed by atoms with van der Waals surface area (Å²) >= 11 is 0. The monoisotopic (exact) mass is 273 g/mol. The Kier molecular flexibility index (Phi) is 3.22. The van der Waals surface area contributed by atoms with E-state index in [1.165, 1.54) is 0 Å². The first kappa shape index (κ1) is 13.1. The minimum Gasteiger partial charge on any atom is -0.493 e. The molecule has 0 fully saturated rings. The number of aryl methyl sites for hydroxylation is 1. The molecule has 1 aromatic heterocycles. The highest BCUT2D eigenvalue weighted by atomic mass is 16.5. The Morgan fingerprint density at radius 3 is 3.00 bits per heavy atom. The molecule has 2 atom stereocenters. The molecule has 2 N–H and O–H groups in total. The van der Waals surface area contributed by atoms with E-state index in [1.54, 1.807) is 0 Å². The Balaban J connectivity index is 2.08. The maximum atomic E-state index is 6.68. The van der Waals surface area contributed by atoms with Crippen LogP contribution in [0.1, 0.15) is 37.5 Å². The average molecular weight is 273 g/mol. The third-order valence-corrected chi connectivity index (χ3v) is 3.90. The highest BCUT2D eigenvalue weighted by Gasteiger charge is 2.45. The zero-order chi connectivity index (χ0) is 14.2. The van der Waals surface area contributed by atoms with Crippen LogP contribution in [0.4, 0.5) is 0 Å². The standard InChI is InChI=1S/C15H19N3O2/c1-3-6-13-17-14(18-20-13)15(16)10(2)9-19-12-8-5-4-7-11(12)15/h4-5,7-8,10H,3,6,9,16H2,1-2H3. The summed E-state index contributed by atoms with van der Waals surface area (Å²) in [5.74, 6) is 2.06. The van der Waals surface area contributed by atoms with Gasteiger partial charge in [-0.2, -0.15) is 4.98 Å². The molecule has 2 aromatic rings. The molecule has 0 radical (unpaired) electrons. The lowest BCUT2D eigenvalue weighted by molar-refractivity contribution is 0.160. The minimum atomic E-state index is -0.760. The van der Waals surface area contributed by atoms with E-state index in [1.807, 2.05) is 31.2 Å². The van der Waals surface area contributed by atoms with E-state index in [-0.39, 0.29) is 5.92 Å². The second-order valence-electron chi connectivity index (χ2n) is 5.34. The van der Waals surface area contributed by atoms with Crippen LogP contribution in [0.2, 0.25) is 0 Å². The first-order valence-corrected chi connectivity index (χ1v) is 7.00. The molecule has 106 valence electrons. The molecule has 0 aliphatic carbocycles. The van der Waals surface area contributed by atoms with Crippen molar-refractivity contribution in [2.45, 2.75) is 32.2 Å². The van der Waals surface area contributed by atoms with Crippen molar-refractivity contribution in [1.29, 1.82) is 0 Å². The van der Waals surface area contributed by atoms with Crippen LogP contribution < -0.4 is 10.5 Å². The number of nitrogens with zero attached hydrogens (tertiary/aromatic N) is 2. The number of ether oxygens (including phenoxy) is 1. The van der Waals surface area contributed by atoms with E-state index in [0.29, 0.717) is 18.3 Å². The van der Waals surface area contributed by atoms with Crippen molar-refractivity contribution in [2.24, 2.45) is 11.7 Å². The molecule has 0 amide bonds. The third-order valence-electron chi connectivity index (χ3n) is 3.90. The average Bonchev–Trinajstić information content (AvgIpc) is 2.93. The Morgan fingerprint density at radius 1 is 1.40 bits per heavy atom. The van der Waals surface area contributed by atoms with E-state index >= 15 is 0 Å². The van der Waals surface area contributed by atoms with Crippen LogP contribution in [0.5, 0.6) is 5.75 Å². The Labute approximate surface area is 118 Å². The fourth-order valence-corrected chi connectivity index (χ4v) is 2.63. The molecular weight excluding hydrogens is 254 g/mol. The molecule has 1 aliphatic heterocycles. The van der Waals surface area contributed by atoms with Gasteiger partial charge >= 0.3 is 0 Å². The fourth-order valence-electron chi connectivity index (χ4n) is 2.63. The molecule has 2 heterocycles. The van der Waals surface area contributed by atoms with Crippen molar-refractivity contribution in [1.82, 2.24) is 10.1 Å². The van der Waals surface area contributed by atoms with Gasteiger partial charge in [0, 0.05) is 17.9 Å². The molecule has 0 bridgehead atoms. The number of hydrogen-bond donors (Lipinski definition) is 1. The van der Waals surface area contributed by atoms with Gasteiger partial charge < -0.3 is 15.0 Å². The Hall–Kier alpha value is -1.88. The van der Waals surface area contributed by atoms with Crippen LogP contribution in [-0.4, -0.2) is 16.7 Å². The van der Waals surface area contributed by atoms with E-state index in [0.717, 1.165) is 24.2 Å². The largest absolute Gasteiger partial charge is 0.493 e. The highest BCUT2D eigenvalue weighted by molar-refractivity contribution is 5.45. The topological polar surface area (TPSA) is 74.2 Å². The predicted molar refractivity (Wildman–Crippen MR) is 74.4 cm³/mol. The lowest BCUT2D eigenvalue weighted by Gasteiger charge is -2.38. The van der Waals surface area contributed by atoms with Crippen LogP contribution in [0.15, 0.2) is 28.8 Å². The van der Waals surface area contributed by atoms with Gasteiger partial charge in [0.25, 0.3) is 0 Å². The summed E-state index contributed by atoms with van der Waals surface area (Å²) in [6.07, 6.45) is 1.74. The molecule has 5 heteroatoms. The number of aromatic nitrogens is 2. The lowest BCUT2D eigenvalue weighted by Crippen LogP contribution is -2.50. The fraction of sp³-hybridized carbons (Fsp3) is 0.467. The Morgan fingerprint density at radius 2 is 2.20 bits per heavy atom. The summed E-state index contributed by atoms with van der Waals surface area (Å²) in [5, 5.41) is 4.11. The molecule has 20 heavy (non-hydrogen) atoms. The first-order chi connectivity index (χ1) is 9.66. The quantitative estimate of drug-likeness (QED) is 0.928. The van der Waals surface area contributed by atoms with Crippen LogP contribution in [0.3, 0.4) is 0 Å². The summed E-state index contributed by atoms with van der Waals surface area (Å²) in [7, 11) is 0. The Bertz CT molecular complexity index is 611. The van der Waals surface area contributed by atoms with Crippen LogP contribution >= 0.6 is 0 Å². The zero-order valence-electron chi connectivity index (χ0n) is 11.8. The first-order valence-electron chi connectivity index (χ1n) is 7.00. The third kappa shape index (κ3) is 1.89. The lowest BCUT2D eigenvalue weighted by atomic mass is 9.77. The second kappa shape index (κ2) is 4.90. The molecule has 3 rings (SSSR count). The second-order valence-corrected chi connectivity index (χ2v) is 5.34. The highest BCUT2D eigenvalue weighted by Crippen LogP contribution is 2.41. The SMILES string of the molecule is CCCc1nc(C2(N)c3ccccc3OCC2C)no1. The number of para-hydroxylation sites is 1. The van der Waals surface area contributed by atoms with E-state index in [9.17, 15) is 0 Å². The smallest absolute Gasteiger partial charge is 0.226 e. The number of hydrogen-bond acceptors (Lipinski definition) is 5. The molecule has 2 unspecified atom stereocenters. The van der Waals surface area contributed by atoms with Crippen molar-refractivity contribution in [3.8, 4) is 5.75 Å². The molecular formula is C15H19N3O2. The number of rotatable bonds is 3. The molecule has 5 nitrogen and oxygen atoms in total. The summed E-state index contributed by atoms with van der Waals surface area (Å²) in [6.45, 7) is 4.67. The maximum absolute atomic E-state index is 6.68. The molecule has 1 aliphatic rings. The van der Waals surface area contributed by atoms with Gasteiger partial charge in [-0.15, -0.1) is 0 Å². The van der Waals surface area contributed by atoms with Gasteiger partial charge in [0.1, 0.15) is 11.3 Å². The summed E-state index contributed by atoms with van der Waals surface area (Å²) in [6, 6.07) is 7.79. The predicted octanol–water partition coefficient (Wildman–Crippen LogP) is 2.25. The normalized spacial score (nSPS) is 25.1. The van der Waals surface area contributed by atoms with Gasteiger partial charge in [0.15, 0.2) is 5.82 Å². The van der Waals surface area contributed by atoms with E-state index < -0.39 is 5.54 Å². The molecule has 0 saturated carbocycles. The van der Waals surface area contributed by atoms with Gasteiger partial charge in [0.05, 0.1) is 6.61 Å².